The molecule has 0 saturated carbocycles. The van der Waals surface area contributed by atoms with Crippen LogP contribution in [0.2, 0.25) is 0 Å². The van der Waals surface area contributed by atoms with E-state index < -0.39 is 0 Å². The second kappa shape index (κ2) is 6.08. The first-order valence-corrected chi connectivity index (χ1v) is 7.08. The number of benzene rings is 1. The zero-order valence-corrected chi connectivity index (χ0v) is 12.2. The van der Waals surface area contributed by atoms with Crippen molar-refractivity contribution in [3.63, 3.8) is 0 Å². The first-order chi connectivity index (χ1) is 9.10. The van der Waals surface area contributed by atoms with Crippen molar-refractivity contribution in [3.05, 3.63) is 29.3 Å². The fraction of sp³-hybridized carbons (Fsp3) is 0.562. The van der Waals surface area contributed by atoms with Crippen LogP contribution in [0.4, 0.5) is 5.69 Å². The van der Waals surface area contributed by atoms with Gasteiger partial charge in [0.2, 0.25) is 0 Å². The Kier molecular flexibility index (Phi) is 4.44. The third-order valence-corrected chi connectivity index (χ3v) is 3.69. The second-order valence-electron chi connectivity index (χ2n) is 5.79. The fourth-order valence-electron chi connectivity index (χ4n) is 2.68. The predicted molar refractivity (Wildman–Crippen MR) is 79.4 cm³/mol. The molecule has 0 spiro atoms. The lowest BCUT2D eigenvalue weighted by atomic mass is 10.1. The van der Waals surface area contributed by atoms with Crippen molar-refractivity contribution in [1.82, 2.24) is 4.90 Å². The zero-order valence-electron chi connectivity index (χ0n) is 12.2. The molecule has 19 heavy (non-hydrogen) atoms. The van der Waals surface area contributed by atoms with Gasteiger partial charge < -0.3 is 4.90 Å². The number of nitrogens with zero attached hydrogens (tertiary/aromatic N) is 3. The van der Waals surface area contributed by atoms with Crippen molar-refractivity contribution in [1.29, 1.82) is 5.26 Å². The van der Waals surface area contributed by atoms with E-state index in [1.165, 1.54) is 12.2 Å². The Balaban J connectivity index is 1.98. The Morgan fingerprint density at radius 2 is 1.89 bits per heavy atom. The van der Waals surface area contributed by atoms with E-state index in [2.05, 4.69) is 41.8 Å². The third-order valence-electron chi connectivity index (χ3n) is 3.69. The number of hydrogen-bond acceptors (Lipinski definition) is 3. The summed E-state index contributed by atoms with van der Waals surface area (Å²) in [7, 11) is 0. The molecule has 0 aliphatic carbocycles. The van der Waals surface area contributed by atoms with E-state index in [0.29, 0.717) is 0 Å². The highest BCUT2D eigenvalue weighted by Crippen LogP contribution is 2.20. The minimum Gasteiger partial charge on any atom is -0.369 e. The van der Waals surface area contributed by atoms with Gasteiger partial charge in [-0.2, -0.15) is 5.26 Å². The Bertz CT molecular complexity index is 465. The minimum absolute atomic E-state index is 0.740. The van der Waals surface area contributed by atoms with Crippen LogP contribution in [0.3, 0.4) is 0 Å². The topological polar surface area (TPSA) is 30.3 Å². The third kappa shape index (κ3) is 3.48. The lowest BCUT2D eigenvalue weighted by Crippen LogP contribution is -2.47. The van der Waals surface area contributed by atoms with Gasteiger partial charge in [-0.3, -0.25) is 4.90 Å². The average molecular weight is 257 g/mol. The van der Waals surface area contributed by atoms with Gasteiger partial charge in [0.05, 0.1) is 11.6 Å². The van der Waals surface area contributed by atoms with Crippen LogP contribution in [-0.4, -0.2) is 37.6 Å². The molecule has 1 aliphatic heterocycles. The minimum atomic E-state index is 0.740. The van der Waals surface area contributed by atoms with E-state index >= 15 is 0 Å². The van der Waals surface area contributed by atoms with Crippen molar-refractivity contribution in [3.8, 4) is 6.07 Å². The molecular formula is C16H23N3. The van der Waals surface area contributed by atoms with Gasteiger partial charge in [-0.25, -0.2) is 0 Å². The molecule has 0 N–H and O–H groups in total. The molecule has 3 heteroatoms. The van der Waals surface area contributed by atoms with Crippen molar-refractivity contribution >= 4 is 5.69 Å². The number of anilines is 1. The van der Waals surface area contributed by atoms with E-state index in [1.54, 1.807) is 0 Å². The fourth-order valence-corrected chi connectivity index (χ4v) is 2.68. The van der Waals surface area contributed by atoms with Crippen LogP contribution in [0.5, 0.6) is 0 Å². The molecule has 1 fully saturated rings. The number of piperazine rings is 1. The first kappa shape index (κ1) is 13.9. The number of nitriles is 1. The Hall–Kier alpha value is -1.53. The molecule has 1 saturated heterocycles. The van der Waals surface area contributed by atoms with E-state index in [-0.39, 0.29) is 0 Å². The molecule has 0 aromatic heterocycles. The summed E-state index contributed by atoms with van der Waals surface area (Å²) >= 11 is 0. The number of hydrogen-bond donors (Lipinski definition) is 0. The summed E-state index contributed by atoms with van der Waals surface area (Å²) in [5.74, 6) is 0.740. The molecule has 0 atom stereocenters. The number of aryl methyl sites for hydroxylation is 1. The molecule has 0 unspecified atom stereocenters. The Labute approximate surface area is 116 Å². The summed E-state index contributed by atoms with van der Waals surface area (Å²) in [4.78, 5) is 4.96. The van der Waals surface area contributed by atoms with Gasteiger partial charge in [0.15, 0.2) is 0 Å². The van der Waals surface area contributed by atoms with Crippen molar-refractivity contribution in [2.24, 2.45) is 5.92 Å². The molecule has 102 valence electrons. The molecule has 1 aromatic carbocycles. The van der Waals surface area contributed by atoms with E-state index in [1.807, 2.05) is 13.0 Å². The maximum Gasteiger partial charge on any atom is 0.0994 e. The van der Waals surface area contributed by atoms with Gasteiger partial charge in [-0.15, -0.1) is 0 Å². The molecule has 3 nitrogen and oxygen atoms in total. The zero-order chi connectivity index (χ0) is 13.8. The van der Waals surface area contributed by atoms with Crippen LogP contribution >= 0.6 is 0 Å². The molecule has 1 aliphatic rings. The summed E-state index contributed by atoms with van der Waals surface area (Å²) in [6.07, 6.45) is 0. The van der Waals surface area contributed by atoms with Crippen LogP contribution in [0.25, 0.3) is 0 Å². The standard InChI is InChI=1S/C16H23N3/c1-13(2)12-18-6-8-19(9-7-18)16-5-4-15(11-17)14(3)10-16/h4-5,10,13H,6-9,12H2,1-3H3. The summed E-state index contributed by atoms with van der Waals surface area (Å²) in [6, 6.07) is 8.37. The largest absolute Gasteiger partial charge is 0.369 e. The smallest absolute Gasteiger partial charge is 0.0994 e. The van der Waals surface area contributed by atoms with Gasteiger partial charge in [-0.05, 0) is 36.6 Å². The normalized spacial score (nSPS) is 16.7. The summed E-state index contributed by atoms with van der Waals surface area (Å²) < 4.78 is 0. The average Bonchev–Trinajstić information content (AvgIpc) is 2.39. The molecule has 1 aromatic rings. The quantitative estimate of drug-likeness (QED) is 0.834. The van der Waals surface area contributed by atoms with Gasteiger partial charge in [0.25, 0.3) is 0 Å². The van der Waals surface area contributed by atoms with Crippen molar-refractivity contribution in [2.45, 2.75) is 20.8 Å². The van der Waals surface area contributed by atoms with Crippen LogP contribution in [0.15, 0.2) is 18.2 Å². The van der Waals surface area contributed by atoms with E-state index in [4.69, 9.17) is 5.26 Å². The van der Waals surface area contributed by atoms with Crippen LogP contribution < -0.4 is 4.90 Å². The Morgan fingerprint density at radius 3 is 2.42 bits per heavy atom. The Morgan fingerprint density at radius 1 is 1.21 bits per heavy atom. The summed E-state index contributed by atoms with van der Waals surface area (Å²) in [6.45, 7) is 12.2. The molecular weight excluding hydrogens is 234 g/mol. The molecule has 0 bridgehead atoms. The van der Waals surface area contributed by atoms with Gasteiger partial charge in [0.1, 0.15) is 0 Å². The SMILES string of the molecule is Cc1cc(N2CCN(CC(C)C)CC2)ccc1C#N. The lowest BCUT2D eigenvalue weighted by molar-refractivity contribution is 0.231. The molecule has 0 radical (unpaired) electrons. The van der Waals surface area contributed by atoms with Crippen molar-refractivity contribution < 1.29 is 0 Å². The first-order valence-electron chi connectivity index (χ1n) is 7.08. The summed E-state index contributed by atoms with van der Waals surface area (Å²) in [5.41, 5.74) is 3.10. The molecule has 0 amide bonds. The highest BCUT2D eigenvalue weighted by atomic mass is 15.3. The second-order valence-corrected chi connectivity index (χ2v) is 5.79. The summed E-state index contributed by atoms with van der Waals surface area (Å²) in [5, 5.41) is 8.97. The maximum absolute atomic E-state index is 8.97. The van der Waals surface area contributed by atoms with E-state index in [9.17, 15) is 0 Å². The lowest BCUT2D eigenvalue weighted by Gasteiger charge is -2.37. The molecule has 2 rings (SSSR count). The maximum atomic E-state index is 8.97. The van der Waals surface area contributed by atoms with Gasteiger partial charge in [-0.1, -0.05) is 13.8 Å². The predicted octanol–water partition coefficient (Wildman–Crippen LogP) is 2.64. The monoisotopic (exact) mass is 257 g/mol. The van der Waals surface area contributed by atoms with E-state index in [0.717, 1.165) is 43.2 Å². The van der Waals surface area contributed by atoms with Gasteiger partial charge >= 0.3 is 0 Å². The highest BCUT2D eigenvalue weighted by Gasteiger charge is 2.18. The van der Waals surface area contributed by atoms with Crippen LogP contribution in [0.1, 0.15) is 25.0 Å². The van der Waals surface area contributed by atoms with Crippen molar-refractivity contribution in [2.75, 3.05) is 37.6 Å². The van der Waals surface area contributed by atoms with Gasteiger partial charge in [0, 0.05) is 38.4 Å². The van der Waals surface area contributed by atoms with Crippen LogP contribution in [-0.2, 0) is 0 Å². The highest BCUT2D eigenvalue weighted by molar-refractivity contribution is 5.53. The number of rotatable bonds is 3. The van der Waals surface area contributed by atoms with Crippen LogP contribution in [0, 0.1) is 24.2 Å². The molecule has 1 heterocycles.